The maximum atomic E-state index is 12.4. The molecule has 0 fully saturated rings. The van der Waals surface area contributed by atoms with Gasteiger partial charge in [-0.05, 0) is 31.2 Å². The molecule has 0 radical (unpaired) electrons. The summed E-state index contributed by atoms with van der Waals surface area (Å²) in [4.78, 5) is 24.7. The number of quaternary nitrogens is 1. The highest BCUT2D eigenvalue weighted by Gasteiger charge is 2.32. The highest BCUT2D eigenvalue weighted by Crippen LogP contribution is 2.42. The van der Waals surface area contributed by atoms with Crippen molar-refractivity contribution in [3.05, 3.63) is 39.2 Å². The minimum Gasteiger partial charge on any atom is -0.326 e. The van der Waals surface area contributed by atoms with E-state index in [2.05, 4.69) is 45.9 Å². The number of nitrogens with zero attached hydrogens (tertiary/aromatic N) is 1. The zero-order valence-electron chi connectivity index (χ0n) is 14.8. The van der Waals surface area contributed by atoms with Gasteiger partial charge in [0, 0.05) is 22.1 Å². The summed E-state index contributed by atoms with van der Waals surface area (Å²) in [5, 5.41) is 9.16. The summed E-state index contributed by atoms with van der Waals surface area (Å²) in [5.41, 5.74) is 2.57. The number of thiophene rings is 1. The molecule has 6 nitrogen and oxygen atoms in total. The second-order valence-corrected chi connectivity index (χ2v) is 8.64. The van der Waals surface area contributed by atoms with E-state index in [1.807, 2.05) is 24.3 Å². The normalized spacial score (nSPS) is 18.7. The Morgan fingerprint density at radius 2 is 2.04 bits per heavy atom. The second-order valence-electron chi connectivity index (χ2n) is 6.62. The molecule has 0 aliphatic carbocycles. The Morgan fingerprint density at radius 1 is 1.31 bits per heavy atom. The van der Waals surface area contributed by atoms with Crippen LogP contribution in [-0.2, 0) is 17.8 Å². The second kappa shape index (κ2) is 7.77. The van der Waals surface area contributed by atoms with E-state index >= 15 is 0 Å². The first-order valence-corrected chi connectivity index (χ1v) is 10.1. The van der Waals surface area contributed by atoms with E-state index in [4.69, 9.17) is 0 Å². The third kappa shape index (κ3) is 4.08. The van der Waals surface area contributed by atoms with E-state index < -0.39 is 0 Å². The van der Waals surface area contributed by atoms with Crippen molar-refractivity contribution in [1.29, 1.82) is 0 Å². The number of rotatable bonds is 5. The standard InChI is InChI=1S/C18H21BrN4O2S/c1-3-23(2)9-8-14-15(10-23)26-17(16(14)20-11-24)22-18(25)21-13-6-4-12(19)5-7-13/h4-7,11H,3,8-10H2,1-2H3,(H2-,20,21,22,24,25)/p+1. The number of urea groups is 1. The van der Waals surface area contributed by atoms with Gasteiger partial charge in [-0.1, -0.05) is 15.9 Å². The third-order valence-electron chi connectivity index (χ3n) is 4.81. The summed E-state index contributed by atoms with van der Waals surface area (Å²) in [6.07, 6.45) is 1.56. The van der Waals surface area contributed by atoms with Crippen LogP contribution < -0.4 is 16.0 Å². The number of likely N-dealkylation sites (N-methyl/N-ethyl adjacent to an activating group) is 1. The smallest absolute Gasteiger partial charge is 0.324 e. The van der Waals surface area contributed by atoms with Crippen LogP contribution in [0.3, 0.4) is 0 Å². The molecule has 1 aliphatic heterocycles. The average molecular weight is 438 g/mol. The Balaban J connectivity index is 1.79. The van der Waals surface area contributed by atoms with E-state index in [1.165, 1.54) is 4.88 Å². The van der Waals surface area contributed by atoms with Gasteiger partial charge < -0.3 is 15.1 Å². The van der Waals surface area contributed by atoms with Crippen molar-refractivity contribution in [3.8, 4) is 0 Å². The van der Waals surface area contributed by atoms with Gasteiger partial charge in [0.05, 0.1) is 30.7 Å². The molecule has 1 aromatic carbocycles. The molecule has 138 valence electrons. The summed E-state index contributed by atoms with van der Waals surface area (Å²) in [7, 11) is 2.24. The van der Waals surface area contributed by atoms with Crippen LogP contribution in [0.15, 0.2) is 28.7 Å². The number of carbonyl (C=O) groups is 2. The van der Waals surface area contributed by atoms with E-state index in [-0.39, 0.29) is 6.03 Å². The predicted octanol–water partition coefficient (Wildman–Crippen LogP) is 4.25. The molecule has 3 amide bonds. The van der Waals surface area contributed by atoms with Gasteiger partial charge >= 0.3 is 6.03 Å². The number of hydrogen-bond acceptors (Lipinski definition) is 3. The van der Waals surface area contributed by atoms with Crippen LogP contribution in [-0.4, -0.2) is 37.1 Å². The molecule has 1 atom stereocenters. The van der Waals surface area contributed by atoms with Crippen LogP contribution in [0.25, 0.3) is 0 Å². The monoisotopic (exact) mass is 437 g/mol. The predicted molar refractivity (Wildman–Crippen MR) is 110 cm³/mol. The first kappa shape index (κ1) is 18.9. The Hall–Kier alpha value is -1.90. The Morgan fingerprint density at radius 3 is 2.69 bits per heavy atom. The van der Waals surface area contributed by atoms with Crippen molar-refractivity contribution in [2.75, 3.05) is 36.1 Å². The molecule has 0 saturated carbocycles. The number of hydrogen-bond donors (Lipinski definition) is 3. The van der Waals surface area contributed by atoms with Crippen LogP contribution in [0, 0.1) is 0 Å². The van der Waals surface area contributed by atoms with Crippen LogP contribution >= 0.6 is 27.3 Å². The Labute approximate surface area is 165 Å². The summed E-state index contributed by atoms with van der Waals surface area (Å²) in [6.45, 7) is 5.19. The molecular weight excluding hydrogens is 416 g/mol. The SMILES string of the molecule is CC[N+]1(C)CCc2c(sc(NC(=O)Nc3ccc(Br)cc3)c2NC=O)C1. The number of fused-ring (bicyclic) bond motifs is 1. The van der Waals surface area contributed by atoms with E-state index in [9.17, 15) is 9.59 Å². The summed E-state index contributed by atoms with van der Waals surface area (Å²) in [5.74, 6) is 0. The van der Waals surface area contributed by atoms with E-state index in [0.717, 1.165) is 46.3 Å². The van der Waals surface area contributed by atoms with Crippen LogP contribution in [0.4, 0.5) is 21.2 Å². The molecule has 1 aromatic heterocycles. The van der Waals surface area contributed by atoms with Crippen molar-refractivity contribution in [1.82, 2.24) is 0 Å². The highest BCUT2D eigenvalue weighted by molar-refractivity contribution is 9.10. The van der Waals surface area contributed by atoms with Gasteiger partial charge in [-0.15, -0.1) is 11.3 Å². The molecule has 2 aromatic rings. The van der Waals surface area contributed by atoms with Crippen molar-refractivity contribution in [2.45, 2.75) is 19.9 Å². The lowest BCUT2D eigenvalue weighted by Crippen LogP contribution is -2.46. The Kier molecular flexibility index (Phi) is 5.64. The quantitative estimate of drug-likeness (QED) is 0.483. The fourth-order valence-electron chi connectivity index (χ4n) is 3.08. The summed E-state index contributed by atoms with van der Waals surface area (Å²) in [6, 6.07) is 7.04. The van der Waals surface area contributed by atoms with Crippen LogP contribution in [0.2, 0.25) is 0 Å². The lowest BCUT2D eigenvalue weighted by Gasteiger charge is -2.36. The van der Waals surface area contributed by atoms with Gasteiger partial charge in [-0.2, -0.15) is 0 Å². The zero-order valence-corrected chi connectivity index (χ0v) is 17.2. The molecule has 26 heavy (non-hydrogen) atoms. The first-order chi connectivity index (χ1) is 12.4. The number of halogens is 1. The fourth-order valence-corrected chi connectivity index (χ4v) is 4.72. The topological polar surface area (TPSA) is 70.2 Å². The lowest BCUT2D eigenvalue weighted by molar-refractivity contribution is -0.922. The van der Waals surface area contributed by atoms with Crippen molar-refractivity contribution in [3.63, 3.8) is 0 Å². The molecule has 8 heteroatoms. The van der Waals surface area contributed by atoms with E-state index in [1.54, 1.807) is 11.3 Å². The largest absolute Gasteiger partial charge is 0.326 e. The molecule has 0 saturated heterocycles. The molecule has 0 bridgehead atoms. The fraction of sp³-hybridized carbons (Fsp3) is 0.333. The van der Waals surface area contributed by atoms with Crippen molar-refractivity contribution in [2.24, 2.45) is 0 Å². The van der Waals surface area contributed by atoms with Crippen LogP contribution in [0.5, 0.6) is 0 Å². The van der Waals surface area contributed by atoms with Crippen molar-refractivity contribution >= 4 is 56.1 Å². The Bertz CT molecular complexity index is 821. The zero-order chi connectivity index (χ0) is 18.7. The number of benzene rings is 1. The minimum absolute atomic E-state index is 0.326. The maximum absolute atomic E-state index is 12.4. The number of nitrogens with one attached hydrogen (secondary N) is 3. The number of anilines is 3. The molecule has 3 rings (SSSR count). The van der Waals surface area contributed by atoms with E-state index in [0.29, 0.717) is 17.1 Å². The highest BCUT2D eigenvalue weighted by atomic mass is 79.9. The molecule has 1 aliphatic rings. The maximum Gasteiger partial charge on any atom is 0.324 e. The van der Waals surface area contributed by atoms with Gasteiger partial charge in [0.25, 0.3) is 0 Å². The van der Waals surface area contributed by atoms with Gasteiger partial charge in [-0.25, -0.2) is 4.79 Å². The average Bonchev–Trinajstić information content (AvgIpc) is 2.93. The molecule has 0 spiro atoms. The molecule has 2 heterocycles. The first-order valence-electron chi connectivity index (χ1n) is 8.46. The third-order valence-corrected chi connectivity index (χ3v) is 6.47. The van der Waals surface area contributed by atoms with Gasteiger partial charge in [0.1, 0.15) is 11.5 Å². The number of carbonyl (C=O) groups excluding carboxylic acids is 2. The lowest BCUT2D eigenvalue weighted by atomic mass is 10.0. The molecule has 1 unspecified atom stereocenters. The summed E-state index contributed by atoms with van der Waals surface area (Å²) < 4.78 is 1.92. The number of amides is 3. The van der Waals surface area contributed by atoms with Crippen LogP contribution in [0.1, 0.15) is 17.4 Å². The molecular formula is C18H22BrN4O2S+. The van der Waals surface area contributed by atoms with Gasteiger partial charge in [-0.3, -0.25) is 10.1 Å². The van der Waals surface area contributed by atoms with Gasteiger partial charge in [0.2, 0.25) is 6.41 Å². The summed E-state index contributed by atoms with van der Waals surface area (Å²) >= 11 is 4.91. The molecule has 3 N–H and O–H groups in total. The van der Waals surface area contributed by atoms with Crippen molar-refractivity contribution < 1.29 is 14.1 Å². The minimum atomic E-state index is -0.326. The van der Waals surface area contributed by atoms with Gasteiger partial charge in [0.15, 0.2) is 0 Å².